The summed E-state index contributed by atoms with van der Waals surface area (Å²) in [6.07, 6.45) is 4.22. The van der Waals surface area contributed by atoms with Crippen molar-refractivity contribution in [1.82, 2.24) is 9.88 Å². The summed E-state index contributed by atoms with van der Waals surface area (Å²) in [6, 6.07) is 12.0. The highest BCUT2D eigenvalue weighted by atomic mass is 16.5. The number of likely N-dealkylation sites (tertiary alicyclic amines) is 1. The lowest BCUT2D eigenvalue weighted by molar-refractivity contribution is -0.131. The molecule has 5 nitrogen and oxygen atoms in total. The molecule has 0 N–H and O–H groups in total. The van der Waals surface area contributed by atoms with Gasteiger partial charge in [0.25, 0.3) is 0 Å². The smallest absolute Gasteiger partial charge is 0.227 e. The average molecular weight is 339 g/mol. The fraction of sp³-hybridized carbons (Fsp3) is 0.400. The van der Waals surface area contributed by atoms with Crippen LogP contribution in [0.3, 0.4) is 0 Å². The van der Waals surface area contributed by atoms with Gasteiger partial charge in [0.2, 0.25) is 5.91 Å². The molecule has 0 unspecified atom stereocenters. The molecule has 2 aromatic rings. The van der Waals surface area contributed by atoms with E-state index in [1.54, 1.807) is 7.11 Å². The number of nitrogens with zero attached hydrogens (tertiary/aromatic N) is 3. The molecule has 0 spiro atoms. The number of carbonyl (C=O) groups is 1. The second-order valence-electron chi connectivity index (χ2n) is 6.58. The topological polar surface area (TPSA) is 45.7 Å². The highest BCUT2D eigenvalue weighted by Crippen LogP contribution is 2.33. The number of aromatic nitrogens is 1. The minimum absolute atomic E-state index is 0.129. The molecule has 2 heterocycles. The van der Waals surface area contributed by atoms with Crippen LogP contribution in [0.1, 0.15) is 30.0 Å². The van der Waals surface area contributed by atoms with Crippen LogP contribution < -0.4 is 9.64 Å². The molecule has 25 heavy (non-hydrogen) atoms. The van der Waals surface area contributed by atoms with Gasteiger partial charge in [-0.1, -0.05) is 18.2 Å². The predicted octanol–water partition coefficient (Wildman–Crippen LogP) is 3.06. The van der Waals surface area contributed by atoms with Crippen molar-refractivity contribution in [3.05, 3.63) is 53.7 Å². The van der Waals surface area contributed by atoms with Gasteiger partial charge in [0.15, 0.2) is 0 Å². The van der Waals surface area contributed by atoms with Gasteiger partial charge in [-0.3, -0.25) is 4.79 Å². The molecule has 1 atom stereocenters. The van der Waals surface area contributed by atoms with E-state index in [4.69, 9.17) is 4.74 Å². The van der Waals surface area contributed by atoms with E-state index in [-0.39, 0.29) is 11.9 Å². The highest BCUT2D eigenvalue weighted by molar-refractivity contribution is 5.80. The van der Waals surface area contributed by atoms with Gasteiger partial charge < -0.3 is 14.5 Å². The molecular weight excluding hydrogens is 314 g/mol. The van der Waals surface area contributed by atoms with Crippen molar-refractivity contribution in [3.63, 3.8) is 0 Å². The Morgan fingerprint density at radius 3 is 2.88 bits per heavy atom. The standard InChI is InChI=1S/C20H25N3O2/c1-22(2)19-13-15(10-11-21-19)17-8-6-12-23(17)20(24)14-16-7-4-5-9-18(16)25-3/h4-5,7,9-11,13,17H,6,8,12,14H2,1-3H3/t17-/m1/s1. The number of hydrogen-bond acceptors (Lipinski definition) is 4. The summed E-state index contributed by atoms with van der Waals surface area (Å²) in [6.45, 7) is 0.804. The molecule has 1 aliphatic heterocycles. The summed E-state index contributed by atoms with van der Waals surface area (Å²) in [7, 11) is 5.60. The van der Waals surface area contributed by atoms with Crippen LogP contribution in [0, 0.1) is 0 Å². The van der Waals surface area contributed by atoms with Crippen LogP contribution in [0.4, 0.5) is 5.82 Å². The van der Waals surface area contributed by atoms with Crippen LogP contribution in [0.5, 0.6) is 5.75 Å². The molecule has 0 saturated carbocycles. The van der Waals surface area contributed by atoms with Gasteiger partial charge in [-0.2, -0.15) is 0 Å². The van der Waals surface area contributed by atoms with Crippen LogP contribution >= 0.6 is 0 Å². The van der Waals surface area contributed by atoms with Crippen molar-refractivity contribution in [2.75, 3.05) is 32.6 Å². The van der Waals surface area contributed by atoms with Crippen molar-refractivity contribution in [2.45, 2.75) is 25.3 Å². The third kappa shape index (κ3) is 3.76. The lowest BCUT2D eigenvalue weighted by Gasteiger charge is -2.26. The number of para-hydroxylation sites is 1. The molecule has 1 amide bonds. The van der Waals surface area contributed by atoms with E-state index >= 15 is 0 Å². The zero-order valence-electron chi connectivity index (χ0n) is 15.1. The van der Waals surface area contributed by atoms with Gasteiger partial charge in [-0.15, -0.1) is 0 Å². The Labute approximate surface area is 149 Å². The third-order valence-electron chi connectivity index (χ3n) is 4.72. The number of ether oxygens (including phenoxy) is 1. The van der Waals surface area contributed by atoms with E-state index in [2.05, 4.69) is 11.1 Å². The summed E-state index contributed by atoms with van der Waals surface area (Å²) in [5.74, 6) is 1.84. The van der Waals surface area contributed by atoms with Gasteiger partial charge in [0.05, 0.1) is 19.6 Å². The number of carbonyl (C=O) groups excluding carboxylic acids is 1. The zero-order valence-corrected chi connectivity index (χ0v) is 15.1. The Morgan fingerprint density at radius 2 is 2.12 bits per heavy atom. The molecule has 1 fully saturated rings. The first-order valence-corrected chi connectivity index (χ1v) is 8.65. The predicted molar refractivity (Wildman–Crippen MR) is 99.0 cm³/mol. The van der Waals surface area contributed by atoms with E-state index in [0.717, 1.165) is 42.1 Å². The lowest BCUT2D eigenvalue weighted by Crippen LogP contribution is -2.32. The number of hydrogen-bond donors (Lipinski definition) is 0. The molecule has 0 radical (unpaired) electrons. The molecule has 1 aliphatic rings. The Hall–Kier alpha value is -2.56. The van der Waals surface area contributed by atoms with E-state index in [1.165, 1.54) is 0 Å². The first-order valence-electron chi connectivity index (χ1n) is 8.65. The van der Waals surface area contributed by atoms with Crippen molar-refractivity contribution in [2.24, 2.45) is 0 Å². The fourth-order valence-electron chi connectivity index (χ4n) is 3.41. The Kier molecular flexibility index (Phi) is 5.22. The number of rotatable bonds is 5. The van der Waals surface area contributed by atoms with Crippen molar-refractivity contribution in [3.8, 4) is 5.75 Å². The molecule has 5 heteroatoms. The number of amides is 1. The minimum atomic E-state index is 0.129. The Bertz CT molecular complexity index is 745. The van der Waals surface area contributed by atoms with E-state index in [0.29, 0.717) is 6.42 Å². The number of pyridine rings is 1. The van der Waals surface area contributed by atoms with Gasteiger partial charge in [0.1, 0.15) is 11.6 Å². The molecule has 0 bridgehead atoms. The summed E-state index contributed by atoms with van der Waals surface area (Å²) in [5.41, 5.74) is 2.09. The minimum Gasteiger partial charge on any atom is -0.496 e. The van der Waals surface area contributed by atoms with Crippen LogP contribution in [0.25, 0.3) is 0 Å². The molecule has 1 saturated heterocycles. The summed E-state index contributed by atoms with van der Waals surface area (Å²) in [4.78, 5) is 21.3. The molecule has 1 aromatic heterocycles. The molecule has 1 aromatic carbocycles. The second kappa shape index (κ2) is 7.55. The molecule has 132 valence electrons. The van der Waals surface area contributed by atoms with E-state index < -0.39 is 0 Å². The largest absolute Gasteiger partial charge is 0.496 e. The summed E-state index contributed by atoms with van der Waals surface area (Å²) >= 11 is 0. The summed E-state index contributed by atoms with van der Waals surface area (Å²) in [5, 5.41) is 0. The van der Waals surface area contributed by atoms with Crippen LogP contribution in [0.15, 0.2) is 42.6 Å². The van der Waals surface area contributed by atoms with Crippen molar-refractivity contribution in [1.29, 1.82) is 0 Å². The normalized spacial score (nSPS) is 16.8. The first kappa shape index (κ1) is 17.3. The SMILES string of the molecule is COc1ccccc1CC(=O)N1CCC[C@@H]1c1ccnc(N(C)C)c1. The summed E-state index contributed by atoms with van der Waals surface area (Å²) < 4.78 is 5.38. The van der Waals surface area contributed by atoms with Crippen molar-refractivity contribution < 1.29 is 9.53 Å². The third-order valence-corrected chi connectivity index (χ3v) is 4.72. The molecule has 3 rings (SSSR count). The maximum absolute atomic E-state index is 12.9. The first-order chi connectivity index (χ1) is 12.1. The quantitative estimate of drug-likeness (QED) is 0.840. The average Bonchev–Trinajstić information content (AvgIpc) is 3.12. The van der Waals surface area contributed by atoms with Gasteiger partial charge >= 0.3 is 0 Å². The van der Waals surface area contributed by atoms with Gasteiger partial charge in [-0.25, -0.2) is 4.98 Å². The molecule has 0 aliphatic carbocycles. The zero-order chi connectivity index (χ0) is 17.8. The maximum Gasteiger partial charge on any atom is 0.227 e. The number of anilines is 1. The van der Waals surface area contributed by atoms with Crippen LogP contribution in [-0.4, -0.2) is 43.5 Å². The number of benzene rings is 1. The van der Waals surface area contributed by atoms with Gasteiger partial charge in [0, 0.05) is 32.4 Å². The van der Waals surface area contributed by atoms with E-state index in [1.807, 2.05) is 60.4 Å². The lowest BCUT2D eigenvalue weighted by atomic mass is 10.0. The maximum atomic E-state index is 12.9. The van der Waals surface area contributed by atoms with E-state index in [9.17, 15) is 4.79 Å². The van der Waals surface area contributed by atoms with Crippen LogP contribution in [0.2, 0.25) is 0 Å². The monoisotopic (exact) mass is 339 g/mol. The second-order valence-corrected chi connectivity index (χ2v) is 6.58. The van der Waals surface area contributed by atoms with Gasteiger partial charge in [-0.05, 0) is 36.6 Å². The highest BCUT2D eigenvalue weighted by Gasteiger charge is 2.30. The molecular formula is C20H25N3O2. The van der Waals surface area contributed by atoms with Crippen LogP contribution in [-0.2, 0) is 11.2 Å². The Balaban J connectivity index is 1.79. The number of methoxy groups -OCH3 is 1. The van der Waals surface area contributed by atoms with Crippen molar-refractivity contribution >= 4 is 11.7 Å². The fourth-order valence-corrected chi connectivity index (χ4v) is 3.41. The Morgan fingerprint density at radius 1 is 1.32 bits per heavy atom.